The van der Waals surface area contributed by atoms with E-state index in [1.54, 1.807) is 6.07 Å². The second-order valence-electron chi connectivity index (χ2n) is 13.6. The van der Waals surface area contributed by atoms with E-state index in [1.165, 1.54) is 31.2 Å². The molecule has 1 fully saturated rings. The number of aliphatic hydroxyl groups is 1. The quantitative estimate of drug-likeness (QED) is 0.188. The van der Waals surface area contributed by atoms with Crippen LogP contribution in [0.15, 0.2) is 42.5 Å². The third-order valence-electron chi connectivity index (χ3n) is 9.19. The molecule has 1 amide bonds. The molecule has 7 heteroatoms. The van der Waals surface area contributed by atoms with Crippen molar-refractivity contribution in [2.24, 2.45) is 0 Å². The summed E-state index contributed by atoms with van der Waals surface area (Å²) < 4.78 is 6.84. The van der Waals surface area contributed by atoms with Crippen LogP contribution in [0.5, 0.6) is 5.75 Å². The molecule has 228 valence electrons. The molecular formula is C34H54N2O4Si. The van der Waals surface area contributed by atoms with Gasteiger partial charge in [0.15, 0.2) is 8.32 Å². The van der Waals surface area contributed by atoms with Crippen LogP contribution >= 0.6 is 0 Å². The number of hydrogen-bond acceptors (Lipinski definition) is 5. The van der Waals surface area contributed by atoms with Crippen molar-refractivity contribution < 1.29 is 19.4 Å². The van der Waals surface area contributed by atoms with Crippen molar-refractivity contribution in [1.29, 1.82) is 0 Å². The smallest absolute Gasteiger partial charge is 0.226 e. The lowest BCUT2D eigenvalue weighted by molar-refractivity contribution is -0.131. The molecule has 1 aliphatic carbocycles. The predicted octanol–water partition coefficient (Wildman–Crippen LogP) is 6.89. The lowest BCUT2D eigenvalue weighted by Gasteiger charge is -2.40. The highest BCUT2D eigenvalue weighted by Gasteiger charge is 2.39. The van der Waals surface area contributed by atoms with Crippen molar-refractivity contribution in [1.82, 2.24) is 10.2 Å². The van der Waals surface area contributed by atoms with Gasteiger partial charge in [0.05, 0.1) is 19.1 Å². The van der Waals surface area contributed by atoms with Crippen molar-refractivity contribution in [2.45, 2.75) is 122 Å². The molecule has 1 aliphatic rings. The standard InChI is InChI=1S/C34H54N2O4Si/c1-25(19-26-13-12-14-27(20-26)21-33(39)36(5)30-15-10-8-9-11-16-30)35-23-32(40-41(6,7)34(2,3)4)28-17-18-31(38)29(22-28)24-37/h12-14,17-18,20,22,25,30,32,35,37-38H,8-11,15-16,19,21,23-24H2,1-7H3/t25-,32-/m1/s1. The lowest BCUT2D eigenvalue weighted by Crippen LogP contribution is -2.44. The van der Waals surface area contributed by atoms with Gasteiger partial charge in [-0.2, -0.15) is 0 Å². The van der Waals surface area contributed by atoms with E-state index in [0.29, 0.717) is 24.6 Å². The zero-order chi connectivity index (χ0) is 30.2. The minimum Gasteiger partial charge on any atom is -0.508 e. The van der Waals surface area contributed by atoms with Crippen molar-refractivity contribution in [3.63, 3.8) is 0 Å². The summed E-state index contributed by atoms with van der Waals surface area (Å²) >= 11 is 0. The Labute approximate surface area is 249 Å². The largest absolute Gasteiger partial charge is 0.508 e. The molecule has 3 N–H and O–H groups in total. The van der Waals surface area contributed by atoms with Crippen molar-refractivity contribution in [2.75, 3.05) is 13.6 Å². The highest BCUT2D eigenvalue weighted by atomic mass is 28.4. The molecule has 0 aromatic heterocycles. The zero-order valence-corrected chi connectivity index (χ0v) is 27.5. The van der Waals surface area contributed by atoms with Gasteiger partial charge in [0.25, 0.3) is 0 Å². The summed E-state index contributed by atoms with van der Waals surface area (Å²) in [5, 5.41) is 23.6. The number of aliphatic hydroxyl groups excluding tert-OH is 1. The first-order valence-corrected chi connectivity index (χ1v) is 18.4. The summed E-state index contributed by atoms with van der Waals surface area (Å²) in [6.07, 6.45) is 8.34. The van der Waals surface area contributed by atoms with Gasteiger partial charge in [0, 0.05) is 31.2 Å². The van der Waals surface area contributed by atoms with Gasteiger partial charge in [-0.25, -0.2) is 0 Å². The molecule has 2 atom stereocenters. The fourth-order valence-electron chi connectivity index (χ4n) is 5.44. The summed E-state index contributed by atoms with van der Waals surface area (Å²) in [7, 11) is -0.107. The van der Waals surface area contributed by atoms with Crippen molar-refractivity contribution in [3.8, 4) is 5.75 Å². The molecule has 3 rings (SSSR count). The number of rotatable bonds is 12. The third-order valence-corrected chi connectivity index (χ3v) is 13.7. The Balaban J connectivity index is 1.65. The summed E-state index contributed by atoms with van der Waals surface area (Å²) in [5.74, 6) is 0.310. The van der Waals surface area contributed by atoms with Gasteiger partial charge in [-0.15, -0.1) is 0 Å². The summed E-state index contributed by atoms with van der Waals surface area (Å²) in [5.41, 5.74) is 3.74. The molecule has 0 aliphatic heterocycles. The number of amides is 1. The fourth-order valence-corrected chi connectivity index (χ4v) is 6.73. The van der Waals surface area contributed by atoms with Gasteiger partial charge in [-0.05, 0) is 73.1 Å². The Morgan fingerprint density at radius 3 is 2.37 bits per heavy atom. The van der Waals surface area contributed by atoms with E-state index in [1.807, 2.05) is 24.1 Å². The number of aromatic hydroxyl groups is 1. The Morgan fingerprint density at radius 1 is 1.07 bits per heavy atom. The lowest BCUT2D eigenvalue weighted by atomic mass is 10.0. The Morgan fingerprint density at radius 2 is 1.73 bits per heavy atom. The van der Waals surface area contributed by atoms with E-state index in [0.717, 1.165) is 30.4 Å². The van der Waals surface area contributed by atoms with Crippen LogP contribution in [0.2, 0.25) is 18.1 Å². The highest BCUT2D eigenvalue weighted by Crippen LogP contribution is 2.40. The van der Waals surface area contributed by atoms with E-state index in [-0.39, 0.29) is 35.4 Å². The summed E-state index contributed by atoms with van der Waals surface area (Å²) in [6, 6.07) is 14.4. The maximum atomic E-state index is 13.1. The molecule has 0 bridgehead atoms. The molecule has 0 unspecified atom stereocenters. The van der Waals surface area contributed by atoms with E-state index in [2.05, 4.69) is 70.4 Å². The minimum absolute atomic E-state index is 0.0513. The highest BCUT2D eigenvalue weighted by molar-refractivity contribution is 6.74. The number of nitrogens with one attached hydrogen (secondary N) is 1. The molecule has 0 spiro atoms. The number of likely N-dealkylation sites (N-methyl/N-ethyl adjacent to an activating group) is 1. The van der Waals surface area contributed by atoms with Gasteiger partial charge in [-0.3, -0.25) is 4.79 Å². The number of nitrogens with zero attached hydrogens (tertiary/aromatic N) is 1. The summed E-state index contributed by atoms with van der Waals surface area (Å²) in [6.45, 7) is 13.8. The topological polar surface area (TPSA) is 82.0 Å². The van der Waals surface area contributed by atoms with Crippen LogP contribution in [0, 0.1) is 0 Å². The SMILES string of the molecule is C[C@H](Cc1cccc(CC(=O)N(C)C2CCCCCC2)c1)NC[C@@H](O[Si](C)(C)C(C)(C)C)c1ccc(O)c(CO)c1. The normalized spacial score (nSPS) is 16.7. The Kier molecular flexibility index (Phi) is 12.0. The third kappa shape index (κ3) is 9.67. The van der Waals surface area contributed by atoms with Gasteiger partial charge in [0.2, 0.25) is 5.91 Å². The number of carbonyl (C=O) groups excluding carboxylic acids is 1. The van der Waals surface area contributed by atoms with Crippen molar-refractivity contribution in [3.05, 3.63) is 64.7 Å². The Bertz CT molecular complexity index is 1120. The van der Waals surface area contributed by atoms with Gasteiger partial charge in [0.1, 0.15) is 5.75 Å². The first-order chi connectivity index (χ1) is 19.3. The fraction of sp³-hybridized carbons (Fsp3) is 0.618. The second-order valence-corrected chi connectivity index (χ2v) is 18.3. The second kappa shape index (κ2) is 14.8. The van der Waals surface area contributed by atoms with E-state index in [9.17, 15) is 15.0 Å². The molecular weight excluding hydrogens is 528 g/mol. The van der Waals surface area contributed by atoms with Crippen molar-refractivity contribution >= 4 is 14.2 Å². The molecule has 0 saturated heterocycles. The molecule has 2 aromatic rings. The number of hydrogen-bond donors (Lipinski definition) is 3. The average molecular weight is 583 g/mol. The molecule has 0 radical (unpaired) electrons. The van der Waals surface area contributed by atoms with Crippen LogP contribution in [0.4, 0.5) is 0 Å². The van der Waals surface area contributed by atoms with Gasteiger partial charge < -0.3 is 24.9 Å². The maximum Gasteiger partial charge on any atom is 0.226 e. The molecule has 0 heterocycles. The maximum absolute atomic E-state index is 13.1. The van der Waals surface area contributed by atoms with Crippen LogP contribution in [0.25, 0.3) is 0 Å². The van der Waals surface area contributed by atoms with E-state index >= 15 is 0 Å². The van der Waals surface area contributed by atoms with Gasteiger partial charge >= 0.3 is 0 Å². The molecule has 6 nitrogen and oxygen atoms in total. The van der Waals surface area contributed by atoms with Crippen LogP contribution in [0.3, 0.4) is 0 Å². The van der Waals surface area contributed by atoms with Gasteiger partial charge in [-0.1, -0.05) is 76.8 Å². The van der Waals surface area contributed by atoms with Crippen LogP contribution in [-0.4, -0.2) is 55.0 Å². The first kappa shape index (κ1) is 33.3. The predicted molar refractivity (Wildman–Crippen MR) is 171 cm³/mol. The minimum atomic E-state index is -2.09. The number of carbonyl (C=O) groups is 1. The molecule has 2 aromatic carbocycles. The Hall–Kier alpha value is -2.19. The first-order valence-electron chi connectivity index (χ1n) is 15.5. The van der Waals surface area contributed by atoms with Crippen LogP contribution < -0.4 is 5.32 Å². The zero-order valence-electron chi connectivity index (χ0n) is 26.5. The number of benzene rings is 2. The van der Waals surface area contributed by atoms with E-state index < -0.39 is 8.32 Å². The molecule has 41 heavy (non-hydrogen) atoms. The monoisotopic (exact) mass is 582 g/mol. The molecule has 1 saturated carbocycles. The summed E-state index contributed by atoms with van der Waals surface area (Å²) in [4.78, 5) is 15.1. The van der Waals surface area contributed by atoms with Crippen LogP contribution in [-0.2, 0) is 28.7 Å². The average Bonchev–Trinajstić information content (AvgIpc) is 3.20. The van der Waals surface area contributed by atoms with E-state index in [4.69, 9.17) is 4.43 Å². The number of phenols is 1. The van der Waals surface area contributed by atoms with Crippen LogP contribution in [0.1, 0.15) is 94.6 Å².